The van der Waals surface area contributed by atoms with Gasteiger partial charge in [-0.2, -0.15) is 0 Å². The average molecular weight is 435 g/mol. The molecule has 0 aromatic heterocycles. The monoisotopic (exact) mass is 434 g/mol. The van der Waals surface area contributed by atoms with Gasteiger partial charge < -0.3 is 19.3 Å². The van der Waals surface area contributed by atoms with E-state index >= 15 is 0 Å². The topological polar surface area (TPSA) is 59.1 Å². The van der Waals surface area contributed by atoms with Gasteiger partial charge in [0.2, 0.25) is 5.91 Å². The molecular formula is C26H30N2O4. The van der Waals surface area contributed by atoms with Gasteiger partial charge in [-0.05, 0) is 49.1 Å². The van der Waals surface area contributed by atoms with E-state index in [1.54, 1.807) is 7.11 Å². The van der Waals surface area contributed by atoms with E-state index in [2.05, 4.69) is 0 Å². The second-order valence-corrected chi connectivity index (χ2v) is 9.28. The second-order valence-electron chi connectivity index (χ2n) is 9.28. The van der Waals surface area contributed by atoms with Crippen molar-refractivity contribution in [2.75, 3.05) is 38.3 Å². The number of rotatable bonds is 4. The van der Waals surface area contributed by atoms with Crippen LogP contribution in [0.5, 0.6) is 5.75 Å². The number of hydrogen-bond donors (Lipinski definition) is 0. The molecule has 6 heteroatoms. The summed E-state index contributed by atoms with van der Waals surface area (Å²) >= 11 is 0. The van der Waals surface area contributed by atoms with Crippen LogP contribution in [0.2, 0.25) is 0 Å². The highest BCUT2D eigenvalue weighted by atomic mass is 16.5. The van der Waals surface area contributed by atoms with Crippen molar-refractivity contribution in [1.29, 1.82) is 0 Å². The molecule has 1 atom stereocenters. The van der Waals surface area contributed by atoms with E-state index in [9.17, 15) is 9.59 Å². The molecule has 168 valence electrons. The number of para-hydroxylation sites is 1. The molecule has 2 aromatic rings. The Morgan fingerprint density at radius 1 is 0.969 bits per heavy atom. The molecule has 32 heavy (non-hydrogen) atoms. The fourth-order valence-corrected chi connectivity index (χ4v) is 5.64. The van der Waals surface area contributed by atoms with Gasteiger partial charge in [-0.15, -0.1) is 0 Å². The van der Waals surface area contributed by atoms with Crippen LogP contribution in [-0.4, -0.2) is 55.7 Å². The molecule has 1 saturated carbocycles. The van der Waals surface area contributed by atoms with E-state index in [1.165, 1.54) is 0 Å². The molecular weight excluding hydrogens is 404 g/mol. The summed E-state index contributed by atoms with van der Waals surface area (Å²) in [6.45, 7) is 1.73. The lowest BCUT2D eigenvalue weighted by Gasteiger charge is -2.40. The number of nitrogens with zero attached hydrogens (tertiary/aromatic N) is 2. The van der Waals surface area contributed by atoms with Gasteiger partial charge >= 0.3 is 0 Å². The van der Waals surface area contributed by atoms with Crippen LogP contribution in [0.3, 0.4) is 0 Å². The largest absolute Gasteiger partial charge is 0.497 e. The van der Waals surface area contributed by atoms with Gasteiger partial charge in [0.05, 0.1) is 25.6 Å². The third-order valence-corrected chi connectivity index (χ3v) is 7.43. The number of likely N-dealkylation sites (tertiary alicyclic amines) is 1. The zero-order valence-electron chi connectivity index (χ0n) is 18.6. The molecule has 6 nitrogen and oxygen atoms in total. The molecule has 2 heterocycles. The van der Waals surface area contributed by atoms with Gasteiger partial charge in [0, 0.05) is 12.2 Å². The number of morpholine rings is 1. The van der Waals surface area contributed by atoms with Crippen LogP contribution in [0.15, 0.2) is 54.6 Å². The van der Waals surface area contributed by atoms with E-state index in [4.69, 9.17) is 9.47 Å². The molecule has 1 unspecified atom stereocenters. The molecule has 0 bridgehead atoms. The Bertz CT molecular complexity index is 985. The molecule has 3 aliphatic rings. The maximum Gasteiger partial charge on any atom is 0.253 e. The molecule has 1 spiro atoms. The minimum atomic E-state index is -0.501. The van der Waals surface area contributed by atoms with E-state index in [-0.39, 0.29) is 18.4 Å². The van der Waals surface area contributed by atoms with E-state index in [0.29, 0.717) is 19.6 Å². The molecule has 1 aliphatic carbocycles. The third kappa shape index (κ3) is 3.56. The molecule has 0 radical (unpaired) electrons. The average Bonchev–Trinajstić information content (AvgIpc) is 3.50. The summed E-state index contributed by atoms with van der Waals surface area (Å²) in [7, 11) is 1.66. The summed E-state index contributed by atoms with van der Waals surface area (Å²) in [5.74, 6) is 0.969. The lowest BCUT2D eigenvalue weighted by molar-refractivity contribution is -0.141. The van der Waals surface area contributed by atoms with Crippen LogP contribution < -0.4 is 9.64 Å². The number of benzene rings is 2. The summed E-state index contributed by atoms with van der Waals surface area (Å²) in [6, 6.07) is 17.7. The first kappa shape index (κ1) is 21.0. The highest BCUT2D eigenvalue weighted by Gasteiger charge is 2.51. The van der Waals surface area contributed by atoms with Crippen molar-refractivity contribution in [3.63, 3.8) is 0 Å². The van der Waals surface area contributed by atoms with Gasteiger partial charge in [0.15, 0.2) is 0 Å². The SMILES string of the molecule is COc1ccc(C2(C(=O)N3CCC4(C3)CN(c3ccccc3)C(=O)CO4)CCCC2)cc1. The third-order valence-electron chi connectivity index (χ3n) is 7.43. The van der Waals surface area contributed by atoms with Crippen molar-refractivity contribution >= 4 is 17.5 Å². The molecule has 2 amide bonds. The Kier molecular flexibility index (Phi) is 5.41. The van der Waals surface area contributed by atoms with Crippen molar-refractivity contribution in [2.24, 2.45) is 0 Å². The molecule has 2 aromatic carbocycles. The van der Waals surface area contributed by atoms with Crippen molar-refractivity contribution < 1.29 is 19.1 Å². The maximum absolute atomic E-state index is 13.9. The second kappa shape index (κ2) is 8.24. The highest BCUT2D eigenvalue weighted by molar-refractivity contribution is 5.95. The summed E-state index contributed by atoms with van der Waals surface area (Å²) in [5.41, 5.74) is 0.989. The first-order valence-corrected chi connectivity index (χ1v) is 11.5. The number of hydrogen-bond acceptors (Lipinski definition) is 4. The van der Waals surface area contributed by atoms with Crippen molar-refractivity contribution in [2.45, 2.75) is 43.1 Å². The standard InChI is InChI=1S/C26H30N2O4/c1-31-22-11-9-20(10-12-22)26(13-5-6-14-26)24(30)27-16-15-25(18-27)19-28(23(29)17-32-25)21-7-3-2-4-8-21/h2-4,7-12H,5-6,13-19H2,1H3. The molecule has 0 N–H and O–H groups in total. The van der Waals surface area contributed by atoms with Gasteiger partial charge in [0.25, 0.3) is 5.91 Å². The smallest absolute Gasteiger partial charge is 0.253 e. The van der Waals surface area contributed by atoms with Crippen LogP contribution in [0.4, 0.5) is 5.69 Å². The maximum atomic E-state index is 13.9. The number of carbonyl (C=O) groups excluding carboxylic acids is 2. The fraction of sp³-hybridized carbons (Fsp3) is 0.462. The Balaban J connectivity index is 1.37. The molecule has 5 rings (SSSR count). The predicted octanol–water partition coefficient (Wildman–Crippen LogP) is 3.54. The van der Waals surface area contributed by atoms with E-state index < -0.39 is 11.0 Å². The van der Waals surface area contributed by atoms with E-state index in [1.807, 2.05) is 64.4 Å². The Morgan fingerprint density at radius 3 is 2.38 bits per heavy atom. The van der Waals surface area contributed by atoms with Crippen molar-refractivity contribution in [1.82, 2.24) is 4.90 Å². The Labute approximate surface area is 189 Å². The van der Waals surface area contributed by atoms with Gasteiger partial charge in [-0.25, -0.2) is 0 Å². The predicted molar refractivity (Wildman–Crippen MR) is 122 cm³/mol. The van der Waals surface area contributed by atoms with Crippen LogP contribution in [0.25, 0.3) is 0 Å². The van der Waals surface area contributed by atoms with Gasteiger partial charge in [-0.1, -0.05) is 43.2 Å². The number of methoxy groups -OCH3 is 1. The summed E-state index contributed by atoms with van der Waals surface area (Å²) < 4.78 is 11.4. The lowest BCUT2D eigenvalue weighted by Crippen LogP contribution is -2.57. The summed E-state index contributed by atoms with van der Waals surface area (Å²) in [5, 5.41) is 0. The van der Waals surface area contributed by atoms with Gasteiger partial charge in [0.1, 0.15) is 18.0 Å². The number of ether oxygens (including phenoxy) is 2. The normalized spacial score (nSPS) is 24.8. The number of amides is 2. The van der Waals surface area contributed by atoms with Crippen LogP contribution in [0.1, 0.15) is 37.7 Å². The van der Waals surface area contributed by atoms with Crippen molar-refractivity contribution in [3.8, 4) is 5.75 Å². The number of anilines is 1. The lowest BCUT2D eigenvalue weighted by atomic mass is 9.77. The minimum Gasteiger partial charge on any atom is -0.497 e. The quantitative estimate of drug-likeness (QED) is 0.739. The van der Waals surface area contributed by atoms with Crippen LogP contribution in [-0.2, 0) is 19.7 Å². The van der Waals surface area contributed by atoms with E-state index in [0.717, 1.165) is 49.1 Å². The van der Waals surface area contributed by atoms with Crippen LogP contribution in [0, 0.1) is 0 Å². The minimum absolute atomic E-state index is 0.0305. The highest BCUT2D eigenvalue weighted by Crippen LogP contribution is 2.44. The Morgan fingerprint density at radius 2 is 1.69 bits per heavy atom. The fourth-order valence-electron chi connectivity index (χ4n) is 5.64. The first-order chi connectivity index (χ1) is 15.6. The zero-order valence-corrected chi connectivity index (χ0v) is 18.6. The molecule has 2 saturated heterocycles. The number of carbonyl (C=O) groups is 2. The summed E-state index contributed by atoms with van der Waals surface area (Å²) in [6.07, 6.45) is 4.61. The van der Waals surface area contributed by atoms with Crippen molar-refractivity contribution in [3.05, 3.63) is 60.2 Å². The van der Waals surface area contributed by atoms with Crippen LogP contribution >= 0.6 is 0 Å². The Hall–Kier alpha value is -2.86. The molecule has 2 aliphatic heterocycles. The first-order valence-electron chi connectivity index (χ1n) is 11.5. The van der Waals surface area contributed by atoms with Gasteiger partial charge in [-0.3, -0.25) is 9.59 Å². The molecule has 3 fully saturated rings. The zero-order chi connectivity index (χ0) is 22.2. The summed E-state index contributed by atoms with van der Waals surface area (Å²) in [4.78, 5) is 30.3.